The van der Waals surface area contributed by atoms with Crippen molar-refractivity contribution in [3.05, 3.63) is 59.7 Å². The molecule has 22 heavy (non-hydrogen) atoms. The highest BCUT2D eigenvalue weighted by Gasteiger charge is 2.33. The number of nitrogens with one attached hydrogen (secondary N) is 2. The van der Waals surface area contributed by atoms with Gasteiger partial charge in [0.05, 0.1) is 18.2 Å². The minimum Gasteiger partial charge on any atom is -0.467 e. The summed E-state index contributed by atoms with van der Waals surface area (Å²) in [6.45, 7) is 6.31. The highest BCUT2D eigenvalue weighted by Crippen LogP contribution is 2.33. The number of rotatable bonds is 4. The Bertz CT molecular complexity index is 798. The number of amides is 1. The molecule has 0 bridgehead atoms. The first-order valence-corrected chi connectivity index (χ1v) is 7.38. The molecule has 0 aliphatic carbocycles. The smallest absolute Gasteiger partial charge is 0.230 e. The maximum absolute atomic E-state index is 12.7. The molecular weight excluding hydrogens is 276 g/mol. The van der Waals surface area contributed by atoms with Gasteiger partial charge in [0.2, 0.25) is 5.91 Å². The van der Waals surface area contributed by atoms with Crippen molar-refractivity contribution >= 4 is 16.8 Å². The number of benzene rings is 1. The highest BCUT2D eigenvalue weighted by atomic mass is 16.3. The number of aromatic nitrogens is 1. The first-order chi connectivity index (χ1) is 10.5. The number of furan rings is 1. The number of carbonyl (C=O) groups is 1. The molecule has 1 aromatic carbocycles. The maximum Gasteiger partial charge on any atom is 0.230 e. The molecule has 0 atom stereocenters. The summed E-state index contributed by atoms with van der Waals surface area (Å²) in [5, 5.41) is 4.05. The number of aromatic amines is 1. The normalized spacial score (nSPS) is 11.8. The number of hydrogen-bond acceptors (Lipinski definition) is 2. The van der Waals surface area contributed by atoms with Gasteiger partial charge < -0.3 is 14.7 Å². The third-order valence-corrected chi connectivity index (χ3v) is 4.09. The molecule has 3 rings (SSSR count). The fraction of sp³-hybridized carbons (Fsp3) is 0.278. The molecule has 114 valence electrons. The van der Waals surface area contributed by atoms with Crippen molar-refractivity contribution < 1.29 is 9.21 Å². The average molecular weight is 296 g/mol. The lowest BCUT2D eigenvalue weighted by Gasteiger charge is -2.24. The van der Waals surface area contributed by atoms with Crippen LogP contribution < -0.4 is 5.32 Å². The van der Waals surface area contributed by atoms with E-state index in [2.05, 4.69) is 16.4 Å². The predicted octanol–water partition coefficient (Wildman–Crippen LogP) is 3.66. The van der Waals surface area contributed by atoms with Crippen LogP contribution in [0.2, 0.25) is 0 Å². The molecule has 2 aromatic heterocycles. The van der Waals surface area contributed by atoms with E-state index in [-0.39, 0.29) is 5.91 Å². The Kier molecular flexibility index (Phi) is 3.53. The molecule has 4 heteroatoms. The Morgan fingerprint density at radius 1 is 1.23 bits per heavy atom. The minimum absolute atomic E-state index is 0.0169. The van der Waals surface area contributed by atoms with Crippen LogP contribution in [-0.2, 0) is 16.8 Å². The van der Waals surface area contributed by atoms with Crippen molar-refractivity contribution in [1.82, 2.24) is 10.3 Å². The molecule has 4 nitrogen and oxygen atoms in total. The molecule has 0 radical (unpaired) electrons. The molecule has 0 aliphatic heterocycles. The maximum atomic E-state index is 12.7. The highest BCUT2D eigenvalue weighted by molar-refractivity contribution is 5.95. The van der Waals surface area contributed by atoms with Crippen molar-refractivity contribution in [2.24, 2.45) is 0 Å². The van der Waals surface area contributed by atoms with E-state index in [0.29, 0.717) is 6.54 Å². The summed E-state index contributed by atoms with van der Waals surface area (Å²) in [7, 11) is 0. The summed E-state index contributed by atoms with van der Waals surface area (Å²) < 4.78 is 5.26. The predicted molar refractivity (Wildman–Crippen MR) is 86.6 cm³/mol. The number of H-pyrrole nitrogens is 1. The second-order valence-corrected chi connectivity index (χ2v) is 6.06. The van der Waals surface area contributed by atoms with E-state index in [0.717, 1.165) is 27.9 Å². The van der Waals surface area contributed by atoms with Crippen LogP contribution in [0.1, 0.15) is 30.9 Å². The van der Waals surface area contributed by atoms with E-state index in [9.17, 15) is 4.79 Å². The summed E-state index contributed by atoms with van der Waals surface area (Å²) in [5.74, 6) is 0.733. The Hall–Kier alpha value is -2.49. The summed E-state index contributed by atoms with van der Waals surface area (Å²) in [4.78, 5) is 16.0. The van der Waals surface area contributed by atoms with Crippen LogP contribution in [0.5, 0.6) is 0 Å². The van der Waals surface area contributed by atoms with Crippen molar-refractivity contribution in [2.45, 2.75) is 32.7 Å². The number of carbonyl (C=O) groups excluding carboxylic acids is 1. The van der Waals surface area contributed by atoms with Gasteiger partial charge in [-0.2, -0.15) is 0 Å². The zero-order chi connectivity index (χ0) is 15.7. The van der Waals surface area contributed by atoms with E-state index in [4.69, 9.17) is 4.42 Å². The van der Waals surface area contributed by atoms with E-state index in [1.807, 2.05) is 51.1 Å². The van der Waals surface area contributed by atoms with Crippen molar-refractivity contribution in [1.29, 1.82) is 0 Å². The third kappa shape index (κ3) is 2.41. The lowest BCUT2D eigenvalue weighted by Crippen LogP contribution is -2.40. The van der Waals surface area contributed by atoms with Crippen LogP contribution in [0, 0.1) is 6.92 Å². The van der Waals surface area contributed by atoms with Gasteiger partial charge in [0.25, 0.3) is 0 Å². The number of hydrogen-bond donors (Lipinski definition) is 2. The van der Waals surface area contributed by atoms with Crippen LogP contribution in [0.25, 0.3) is 10.9 Å². The zero-order valence-corrected chi connectivity index (χ0v) is 13.1. The van der Waals surface area contributed by atoms with Crippen molar-refractivity contribution in [3.8, 4) is 0 Å². The Balaban J connectivity index is 1.90. The second kappa shape index (κ2) is 5.37. The standard InChI is InChI=1S/C18H20N2O2/c1-12-16(14-8-4-5-9-15(14)20-12)18(2,3)17(21)19-11-13-7-6-10-22-13/h4-10,20H,11H2,1-3H3,(H,19,21). The summed E-state index contributed by atoms with van der Waals surface area (Å²) in [5.41, 5.74) is 2.50. The van der Waals surface area contributed by atoms with Gasteiger partial charge in [0.15, 0.2) is 0 Å². The first kappa shape index (κ1) is 14.4. The van der Waals surface area contributed by atoms with E-state index in [1.165, 1.54) is 0 Å². The number of para-hydroxylation sites is 1. The van der Waals surface area contributed by atoms with Gasteiger partial charge in [-0.15, -0.1) is 0 Å². The quantitative estimate of drug-likeness (QED) is 0.772. The van der Waals surface area contributed by atoms with Gasteiger partial charge in [-0.1, -0.05) is 18.2 Å². The van der Waals surface area contributed by atoms with Gasteiger partial charge in [-0.25, -0.2) is 0 Å². The second-order valence-electron chi connectivity index (χ2n) is 6.06. The Labute approximate surface area is 129 Å². The largest absolute Gasteiger partial charge is 0.467 e. The first-order valence-electron chi connectivity index (χ1n) is 7.38. The molecule has 0 spiro atoms. The fourth-order valence-electron chi connectivity index (χ4n) is 3.00. The van der Waals surface area contributed by atoms with Crippen LogP contribution in [0.4, 0.5) is 0 Å². The molecule has 0 saturated heterocycles. The molecule has 0 unspecified atom stereocenters. The lowest BCUT2D eigenvalue weighted by molar-refractivity contribution is -0.125. The van der Waals surface area contributed by atoms with Crippen LogP contribution in [0.15, 0.2) is 47.1 Å². The summed E-state index contributed by atoms with van der Waals surface area (Å²) in [6.07, 6.45) is 1.61. The van der Waals surface area contributed by atoms with Crippen molar-refractivity contribution in [3.63, 3.8) is 0 Å². The molecule has 0 fully saturated rings. The fourth-order valence-corrected chi connectivity index (χ4v) is 3.00. The minimum atomic E-state index is -0.629. The Morgan fingerprint density at radius 3 is 2.73 bits per heavy atom. The molecule has 2 heterocycles. The SMILES string of the molecule is Cc1[nH]c2ccccc2c1C(C)(C)C(=O)NCc1ccco1. The molecule has 0 saturated carbocycles. The zero-order valence-electron chi connectivity index (χ0n) is 13.1. The third-order valence-electron chi connectivity index (χ3n) is 4.09. The average Bonchev–Trinajstić information content (AvgIpc) is 3.10. The van der Waals surface area contributed by atoms with Gasteiger partial charge in [0.1, 0.15) is 5.76 Å². The summed E-state index contributed by atoms with van der Waals surface area (Å²) in [6, 6.07) is 11.7. The van der Waals surface area contributed by atoms with E-state index < -0.39 is 5.41 Å². The molecule has 1 amide bonds. The van der Waals surface area contributed by atoms with Crippen LogP contribution in [-0.4, -0.2) is 10.9 Å². The van der Waals surface area contributed by atoms with Gasteiger partial charge in [-0.05, 0) is 44.5 Å². The molecule has 0 aliphatic rings. The van der Waals surface area contributed by atoms with E-state index >= 15 is 0 Å². The monoisotopic (exact) mass is 296 g/mol. The molecular formula is C18H20N2O2. The van der Waals surface area contributed by atoms with Crippen molar-refractivity contribution in [2.75, 3.05) is 0 Å². The van der Waals surface area contributed by atoms with E-state index in [1.54, 1.807) is 6.26 Å². The topological polar surface area (TPSA) is 58.0 Å². The molecule has 3 aromatic rings. The Morgan fingerprint density at radius 2 is 2.00 bits per heavy atom. The van der Waals surface area contributed by atoms with Crippen LogP contribution in [0.3, 0.4) is 0 Å². The lowest BCUT2D eigenvalue weighted by atomic mass is 9.81. The van der Waals surface area contributed by atoms with Gasteiger partial charge in [-0.3, -0.25) is 4.79 Å². The van der Waals surface area contributed by atoms with Gasteiger partial charge in [0, 0.05) is 16.6 Å². The molecule has 2 N–H and O–H groups in total. The summed E-state index contributed by atoms with van der Waals surface area (Å²) >= 11 is 0. The van der Waals surface area contributed by atoms with Crippen LogP contribution >= 0.6 is 0 Å². The number of fused-ring (bicyclic) bond motifs is 1. The van der Waals surface area contributed by atoms with Gasteiger partial charge >= 0.3 is 0 Å². The number of aryl methyl sites for hydroxylation is 1.